The molecule has 1 N–H and O–H groups in total. The van der Waals surface area contributed by atoms with Gasteiger partial charge in [0.2, 0.25) is 0 Å². The second-order valence-corrected chi connectivity index (χ2v) is 3.35. The molecule has 9 heavy (non-hydrogen) atoms. The maximum atomic E-state index is 9.39. The zero-order valence-corrected chi connectivity index (χ0v) is 6.18. The van der Waals surface area contributed by atoms with Crippen LogP contribution in [0.25, 0.3) is 0 Å². The molecule has 0 amide bonds. The Kier molecular flexibility index (Phi) is 1.35. The quantitative estimate of drug-likeness (QED) is 0.514. The number of aliphatic imine (C=N–C) groups is 1. The fraction of sp³-hybridized carbons (Fsp3) is 0.857. The molecule has 1 heterocycles. The Balaban J connectivity index is 2.73. The number of hydrogen-bond acceptors (Lipinski definition) is 2. The van der Waals surface area contributed by atoms with Crippen molar-refractivity contribution < 1.29 is 5.11 Å². The molecular weight excluding hydrogens is 114 g/mol. The van der Waals surface area contributed by atoms with Gasteiger partial charge in [0.1, 0.15) is 0 Å². The molecular formula is C7H13NO. The van der Waals surface area contributed by atoms with Crippen molar-refractivity contribution in [2.45, 2.75) is 26.9 Å². The Labute approximate surface area is 55.6 Å². The van der Waals surface area contributed by atoms with Crippen molar-refractivity contribution in [2.75, 3.05) is 6.54 Å². The summed E-state index contributed by atoms with van der Waals surface area (Å²) in [5, 5.41) is 9.39. The Bertz CT molecular complexity index is 149. The summed E-state index contributed by atoms with van der Waals surface area (Å²) < 4.78 is 0. The van der Waals surface area contributed by atoms with Gasteiger partial charge in [0, 0.05) is 17.7 Å². The molecule has 2 heteroatoms. The summed E-state index contributed by atoms with van der Waals surface area (Å²) in [6.07, 6.45) is -0.322. The maximum Gasteiger partial charge on any atom is 0.0982 e. The topological polar surface area (TPSA) is 32.6 Å². The van der Waals surface area contributed by atoms with E-state index in [2.05, 4.69) is 4.99 Å². The second kappa shape index (κ2) is 1.81. The molecule has 1 atom stereocenters. The average Bonchev–Trinajstić information content (AvgIpc) is 1.97. The lowest BCUT2D eigenvalue weighted by molar-refractivity contribution is 0.128. The largest absolute Gasteiger partial charge is 0.387 e. The van der Waals surface area contributed by atoms with Gasteiger partial charge in [-0.2, -0.15) is 0 Å². The first-order valence-electron chi connectivity index (χ1n) is 3.23. The van der Waals surface area contributed by atoms with Crippen LogP contribution in [0, 0.1) is 5.41 Å². The van der Waals surface area contributed by atoms with E-state index in [1.807, 2.05) is 20.8 Å². The highest BCUT2D eigenvalue weighted by Gasteiger charge is 2.34. The van der Waals surface area contributed by atoms with E-state index in [1.165, 1.54) is 0 Å². The summed E-state index contributed by atoms with van der Waals surface area (Å²) in [4.78, 5) is 4.14. The van der Waals surface area contributed by atoms with Crippen LogP contribution in [-0.2, 0) is 0 Å². The highest BCUT2D eigenvalue weighted by Crippen LogP contribution is 2.27. The molecule has 1 aliphatic heterocycles. The first-order chi connectivity index (χ1) is 4.04. The van der Waals surface area contributed by atoms with E-state index in [-0.39, 0.29) is 11.5 Å². The molecule has 1 aliphatic rings. The average molecular weight is 127 g/mol. The minimum atomic E-state index is -0.322. The third-order valence-electron chi connectivity index (χ3n) is 1.87. The molecule has 0 aromatic rings. The van der Waals surface area contributed by atoms with Crippen LogP contribution in [0.15, 0.2) is 4.99 Å². The zero-order chi connectivity index (χ0) is 7.07. The first-order valence-corrected chi connectivity index (χ1v) is 3.23. The second-order valence-electron chi connectivity index (χ2n) is 3.35. The summed E-state index contributed by atoms with van der Waals surface area (Å²) in [5.74, 6) is 0. The van der Waals surface area contributed by atoms with Crippen LogP contribution >= 0.6 is 0 Å². The van der Waals surface area contributed by atoms with Crippen molar-refractivity contribution in [2.24, 2.45) is 10.4 Å². The molecule has 2 nitrogen and oxygen atoms in total. The molecule has 1 rings (SSSR count). The molecule has 0 bridgehead atoms. The minimum absolute atomic E-state index is 0.0237. The highest BCUT2D eigenvalue weighted by molar-refractivity contribution is 5.88. The molecule has 0 spiro atoms. The van der Waals surface area contributed by atoms with E-state index in [1.54, 1.807) is 0 Å². The normalized spacial score (nSPS) is 32.4. The SMILES string of the molecule is CC1=NCC(C)(C)C1O. The van der Waals surface area contributed by atoms with Gasteiger partial charge in [-0.05, 0) is 6.92 Å². The summed E-state index contributed by atoms with van der Waals surface area (Å²) in [6.45, 7) is 6.69. The molecule has 0 radical (unpaired) electrons. The van der Waals surface area contributed by atoms with Crippen LogP contribution in [0.4, 0.5) is 0 Å². The molecule has 0 fully saturated rings. The van der Waals surface area contributed by atoms with Crippen LogP contribution in [0.2, 0.25) is 0 Å². The molecule has 52 valence electrons. The van der Waals surface area contributed by atoms with Gasteiger partial charge in [-0.15, -0.1) is 0 Å². The fourth-order valence-electron chi connectivity index (χ4n) is 1.07. The summed E-state index contributed by atoms with van der Waals surface area (Å²) in [7, 11) is 0. The maximum absolute atomic E-state index is 9.39. The van der Waals surface area contributed by atoms with E-state index in [0.717, 1.165) is 12.3 Å². The lowest BCUT2D eigenvalue weighted by Crippen LogP contribution is -2.30. The number of aliphatic hydroxyl groups excluding tert-OH is 1. The predicted molar refractivity (Wildman–Crippen MR) is 37.8 cm³/mol. The molecule has 0 aromatic heterocycles. The van der Waals surface area contributed by atoms with Crippen molar-refractivity contribution in [1.29, 1.82) is 0 Å². The molecule has 1 unspecified atom stereocenters. The zero-order valence-electron chi connectivity index (χ0n) is 6.18. The monoisotopic (exact) mass is 127 g/mol. The van der Waals surface area contributed by atoms with E-state index in [4.69, 9.17) is 0 Å². The van der Waals surface area contributed by atoms with E-state index >= 15 is 0 Å². The van der Waals surface area contributed by atoms with Crippen molar-refractivity contribution in [3.05, 3.63) is 0 Å². The Morgan fingerprint density at radius 3 is 2.33 bits per heavy atom. The van der Waals surface area contributed by atoms with Crippen LogP contribution in [0.1, 0.15) is 20.8 Å². The van der Waals surface area contributed by atoms with Gasteiger partial charge >= 0.3 is 0 Å². The van der Waals surface area contributed by atoms with E-state index in [0.29, 0.717) is 0 Å². The Morgan fingerprint density at radius 2 is 2.22 bits per heavy atom. The van der Waals surface area contributed by atoms with Crippen molar-refractivity contribution >= 4 is 5.71 Å². The molecule has 0 saturated carbocycles. The highest BCUT2D eigenvalue weighted by atomic mass is 16.3. The van der Waals surface area contributed by atoms with Crippen molar-refractivity contribution in [1.82, 2.24) is 0 Å². The Hall–Kier alpha value is -0.370. The third kappa shape index (κ3) is 0.990. The molecule has 0 saturated heterocycles. The first kappa shape index (κ1) is 6.75. The summed E-state index contributed by atoms with van der Waals surface area (Å²) in [6, 6.07) is 0. The fourth-order valence-corrected chi connectivity index (χ4v) is 1.07. The van der Waals surface area contributed by atoms with Gasteiger partial charge in [-0.3, -0.25) is 4.99 Å². The lowest BCUT2D eigenvalue weighted by atomic mass is 9.87. The van der Waals surface area contributed by atoms with Gasteiger partial charge in [0.15, 0.2) is 0 Å². The number of nitrogens with zero attached hydrogens (tertiary/aromatic N) is 1. The smallest absolute Gasteiger partial charge is 0.0982 e. The van der Waals surface area contributed by atoms with Gasteiger partial charge in [0.25, 0.3) is 0 Å². The predicted octanol–water partition coefficient (Wildman–Crippen LogP) is 0.848. The van der Waals surface area contributed by atoms with Crippen LogP contribution in [0.3, 0.4) is 0 Å². The van der Waals surface area contributed by atoms with Gasteiger partial charge in [0.05, 0.1) is 6.10 Å². The molecule has 0 aliphatic carbocycles. The standard InChI is InChI=1S/C7H13NO/c1-5-6(9)7(2,3)4-8-5/h6,9H,4H2,1-3H3. The summed E-state index contributed by atoms with van der Waals surface area (Å²) in [5.41, 5.74) is 0.851. The minimum Gasteiger partial charge on any atom is -0.387 e. The van der Waals surface area contributed by atoms with Crippen molar-refractivity contribution in [3.63, 3.8) is 0 Å². The lowest BCUT2D eigenvalue weighted by Gasteiger charge is -2.21. The third-order valence-corrected chi connectivity index (χ3v) is 1.87. The van der Waals surface area contributed by atoms with Crippen molar-refractivity contribution in [3.8, 4) is 0 Å². The number of hydrogen-bond donors (Lipinski definition) is 1. The van der Waals surface area contributed by atoms with Gasteiger partial charge in [-0.1, -0.05) is 13.8 Å². The van der Waals surface area contributed by atoms with Crippen LogP contribution in [-0.4, -0.2) is 23.5 Å². The van der Waals surface area contributed by atoms with Crippen LogP contribution < -0.4 is 0 Å². The van der Waals surface area contributed by atoms with E-state index in [9.17, 15) is 5.11 Å². The summed E-state index contributed by atoms with van der Waals surface area (Å²) >= 11 is 0. The van der Waals surface area contributed by atoms with Gasteiger partial charge < -0.3 is 5.11 Å². The number of aliphatic hydroxyl groups is 1. The number of rotatable bonds is 0. The van der Waals surface area contributed by atoms with Gasteiger partial charge in [-0.25, -0.2) is 0 Å². The van der Waals surface area contributed by atoms with E-state index < -0.39 is 0 Å². The molecule has 0 aromatic carbocycles. The van der Waals surface area contributed by atoms with Crippen LogP contribution in [0.5, 0.6) is 0 Å². The Morgan fingerprint density at radius 1 is 1.67 bits per heavy atom.